The minimum atomic E-state index is -1.01. The van der Waals surface area contributed by atoms with Gasteiger partial charge in [-0.1, -0.05) is 6.92 Å². The van der Waals surface area contributed by atoms with Crippen molar-refractivity contribution in [3.05, 3.63) is 0 Å². The molecule has 0 bridgehead atoms. The van der Waals surface area contributed by atoms with Crippen molar-refractivity contribution in [1.29, 1.82) is 0 Å². The second-order valence-corrected chi connectivity index (χ2v) is 4.14. The van der Waals surface area contributed by atoms with Gasteiger partial charge < -0.3 is 10.6 Å². The summed E-state index contributed by atoms with van der Waals surface area (Å²) in [7, 11) is 0. The van der Waals surface area contributed by atoms with Crippen molar-refractivity contribution >= 4 is 29.1 Å². The molecule has 1 aliphatic heterocycles. The minimum absolute atomic E-state index is 0.0797. The third-order valence-electron chi connectivity index (χ3n) is 2.85. The molecule has 0 aliphatic carbocycles. The second-order valence-electron chi connectivity index (χ2n) is 3.73. The zero-order valence-corrected chi connectivity index (χ0v) is 9.95. The Morgan fingerprint density at radius 2 is 1.94 bits per heavy atom. The van der Waals surface area contributed by atoms with Crippen molar-refractivity contribution in [2.24, 2.45) is 5.41 Å². The van der Waals surface area contributed by atoms with Crippen LogP contribution in [0.5, 0.6) is 0 Å². The van der Waals surface area contributed by atoms with Crippen LogP contribution in [0.1, 0.15) is 32.6 Å². The summed E-state index contributed by atoms with van der Waals surface area (Å²) in [6.45, 7) is 1.81. The number of nitrogens with one attached hydrogen (secondary N) is 2. The molecule has 1 rings (SSSR count). The molecule has 0 atom stereocenters. The molecule has 2 amide bonds. The van der Waals surface area contributed by atoms with Gasteiger partial charge in [0.15, 0.2) is 5.11 Å². The standard InChI is InChI=1S/C11H14N2O2S/c1-3-5-6-7-11(4-2)8(14)12-10(16)13-9(11)15/h1H,4-7H2,2H3,(H2,12,13,14,15,16). The number of thiocarbonyl (C=S) groups is 1. The summed E-state index contributed by atoms with van der Waals surface area (Å²) < 4.78 is 0. The van der Waals surface area contributed by atoms with Gasteiger partial charge in [0.2, 0.25) is 11.8 Å². The van der Waals surface area contributed by atoms with E-state index in [1.165, 1.54) is 0 Å². The number of terminal acetylenes is 1. The van der Waals surface area contributed by atoms with Crippen molar-refractivity contribution in [1.82, 2.24) is 10.6 Å². The van der Waals surface area contributed by atoms with Gasteiger partial charge in [-0.05, 0) is 31.5 Å². The Kier molecular flexibility index (Phi) is 4.02. The SMILES string of the molecule is C#CCCCC1(CC)C(=O)NC(=S)NC1=O. The van der Waals surface area contributed by atoms with Gasteiger partial charge in [0.25, 0.3) is 0 Å². The lowest BCUT2D eigenvalue weighted by atomic mass is 9.77. The molecule has 1 aliphatic rings. The first kappa shape index (κ1) is 12.7. The second kappa shape index (κ2) is 5.08. The number of carbonyl (C=O) groups is 2. The van der Waals surface area contributed by atoms with Crippen LogP contribution in [0.3, 0.4) is 0 Å². The Morgan fingerprint density at radius 1 is 1.38 bits per heavy atom. The van der Waals surface area contributed by atoms with Gasteiger partial charge in [0.1, 0.15) is 5.41 Å². The molecule has 0 saturated carbocycles. The number of rotatable bonds is 4. The van der Waals surface area contributed by atoms with Crippen LogP contribution in [0, 0.1) is 17.8 Å². The molecule has 0 unspecified atom stereocenters. The van der Waals surface area contributed by atoms with Gasteiger partial charge in [0, 0.05) is 6.42 Å². The fourth-order valence-electron chi connectivity index (χ4n) is 1.80. The molecule has 0 aromatic carbocycles. The number of amides is 2. The lowest BCUT2D eigenvalue weighted by Crippen LogP contribution is -2.62. The third kappa shape index (κ3) is 2.22. The van der Waals surface area contributed by atoms with Gasteiger partial charge in [-0.3, -0.25) is 9.59 Å². The summed E-state index contributed by atoms with van der Waals surface area (Å²) in [5, 5.41) is 5.05. The van der Waals surface area contributed by atoms with E-state index >= 15 is 0 Å². The minimum Gasteiger partial charge on any atom is -0.302 e. The summed E-state index contributed by atoms with van der Waals surface area (Å²) >= 11 is 4.75. The molecule has 1 fully saturated rings. The molecule has 0 radical (unpaired) electrons. The van der Waals surface area contributed by atoms with Crippen molar-refractivity contribution < 1.29 is 9.59 Å². The van der Waals surface area contributed by atoms with E-state index < -0.39 is 5.41 Å². The van der Waals surface area contributed by atoms with Crippen molar-refractivity contribution in [3.63, 3.8) is 0 Å². The molecular weight excluding hydrogens is 224 g/mol. The molecule has 2 N–H and O–H groups in total. The predicted molar refractivity (Wildman–Crippen MR) is 64.3 cm³/mol. The monoisotopic (exact) mass is 238 g/mol. The van der Waals surface area contributed by atoms with Crippen LogP contribution in [0.2, 0.25) is 0 Å². The summed E-state index contributed by atoms with van der Waals surface area (Å²) in [5.74, 6) is 1.86. The van der Waals surface area contributed by atoms with E-state index in [0.29, 0.717) is 25.7 Å². The Balaban J connectivity index is 2.84. The highest BCUT2D eigenvalue weighted by molar-refractivity contribution is 7.80. The quantitative estimate of drug-likeness (QED) is 0.328. The molecular formula is C11H14N2O2S. The first-order valence-electron chi connectivity index (χ1n) is 5.17. The molecule has 1 heterocycles. The Labute approximate surface area is 100 Å². The van der Waals surface area contributed by atoms with E-state index in [9.17, 15) is 9.59 Å². The molecule has 0 aromatic heterocycles. The van der Waals surface area contributed by atoms with Gasteiger partial charge >= 0.3 is 0 Å². The summed E-state index contributed by atoms with van der Waals surface area (Å²) in [4.78, 5) is 23.7. The molecule has 4 nitrogen and oxygen atoms in total. The molecule has 86 valence electrons. The van der Waals surface area contributed by atoms with E-state index in [2.05, 4.69) is 16.6 Å². The Bertz CT molecular complexity index is 351. The van der Waals surface area contributed by atoms with E-state index in [1.54, 1.807) is 0 Å². The fourth-order valence-corrected chi connectivity index (χ4v) is 1.98. The Hall–Kier alpha value is -1.41. The highest BCUT2D eigenvalue weighted by Gasteiger charge is 2.47. The Morgan fingerprint density at radius 3 is 2.38 bits per heavy atom. The van der Waals surface area contributed by atoms with Gasteiger partial charge in [-0.2, -0.15) is 0 Å². The zero-order chi connectivity index (χ0) is 12.2. The van der Waals surface area contributed by atoms with Crippen LogP contribution < -0.4 is 10.6 Å². The van der Waals surface area contributed by atoms with E-state index in [-0.39, 0.29) is 16.9 Å². The maximum atomic E-state index is 11.9. The molecule has 0 spiro atoms. The lowest BCUT2D eigenvalue weighted by Gasteiger charge is -2.34. The average Bonchev–Trinajstić information content (AvgIpc) is 2.22. The van der Waals surface area contributed by atoms with E-state index in [4.69, 9.17) is 18.6 Å². The zero-order valence-electron chi connectivity index (χ0n) is 9.13. The molecule has 5 heteroatoms. The highest BCUT2D eigenvalue weighted by Crippen LogP contribution is 2.31. The normalized spacial score (nSPS) is 18.6. The molecule has 16 heavy (non-hydrogen) atoms. The lowest BCUT2D eigenvalue weighted by molar-refractivity contribution is -0.144. The first-order chi connectivity index (χ1) is 7.56. The predicted octanol–water partition coefficient (Wildman–Crippen LogP) is 0.717. The van der Waals surface area contributed by atoms with Crippen LogP contribution in [-0.4, -0.2) is 16.9 Å². The molecule has 0 aromatic rings. The smallest absolute Gasteiger partial charge is 0.241 e. The number of unbranched alkanes of at least 4 members (excludes halogenated alkanes) is 1. The third-order valence-corrected chi connectivity index (χ3v) is 3.06. The van der Waals surface area contributed by atoms with Gasteiger partial charge in [-0.25, -0.2) is 0 Å². The first-order valence-corrected chi connectivity index (χ1v) is 5.58. The maximum Gasteiger partial charge on any atom is 0.241 e. The fraction of sp³-hybridized carbons (Fsp3) is 0.545. The average molecular weight is 238 g/mol. The topological polar surface area (TPSA) is 58.2 Å². The van der Waals surface area contributed by atoms with Crippen LogP contribution in [0.15, 0.2) is 0 Å². The van der Waals surface area contributed by atoms with Crippen LogP contribution >= 0.6 is 12.2 Å². The molecule has 1 saturated heterocycles. The number of hydrogen-bond acceptors (Lipinski definition) is 3. The van der Waals surface area contributed by atoms with Gasteiger partial charge in [0.05, 0.1) is 0 Å². The van der Waals surface area contributed by atoms with Crippen LogP contribution in [0.25, 0.3) is 0 Å². The van der Waals surface area contributed by atoms with Crippen molar-refractivity contribution in [2.75, 3.05) is 0 Å². The summed E-state index contributed by atoms with van der Waals surface area (Å²) in [5.41, 5.74) is -1.01. The number of hydrogen-bond donors (Lipinski definition) is 2. The largest absolute Gasteiger partial charge is 0.302 e. The van der Waals surface area contributed by atoms with E-state index in [1.807, 2.05) is 6.92 Å². The summed E-state index contributed by atoms with van der Waals surface area (Å²) in [6, 6.07) is 0. The van der Waals surface area contributed by atoms with E-state index in [0.717, 1.165) is 0 Å². The van der Waals surface area contributed by atoms with Gasteiger partial charge in [-0.15, -0.1) is 12.3 Å². The summed E-state index contributed by atoms with van der Waals surface area (Å²) in [6.07, 6.45) is 7.26. The van der Waals surface area contributed by atoms with Crippen LogP contribution in [0.4, 0.5) is 0 Å². The van der Waals surface area contributed by atoms with Crippen molar-refractivity contribution in [3.8, 4) is 12.3 Å². The maximum absolute atomic E-state index is 11.9. The van der Waals surface area contributed by atoms with Crippen LogP contribution in [-0.2, 0) is 9.59 Å². The highest BCUT2D eigenvalue weighted by atomic mass is 32.1. The van der Waals surface area contributed by atoms with Crippen molar-refractivity contribution in [2.45, 2.75) is 32.6 Å². The number of carbonyl (C=O) groups excluding carboxylic acids is 2.